The number of carbonyl (C=O) groups is 1. The Balaban J connectivity index is 2.37. The van der Waals surface area contributed by atoms with Gasteiger partial charge in [0.15, 0.2) is 0 Å². The average molecular weight is 179 g/mol. The molecule has 1 aromatic rings. The summed E-state index contributed by atoms with van der Waals surface area (Å²) in [6, 6.07) is 9.55. The Kier molecular flexibility index (Phi) is 3.99. The van der Waals surface area contributed by atoms with Crippen molar-refractivity contribution in [3.63, 3.8) is 0 Å². The third-order valence-electron chi connectivity index (χ3n) is 1.54. The normalized spacial score (nSPS) is 9.62. The first-order chi connectivity index (χ1) is 6.33. The Morgan fingerprint density at radius 2 is 2.08 bits per heavy atom. The van der Waals surface area contributed by atoms with Crippen molar-refractivity contribution in [2.45, 2.75) is 13.3 Å². The summed E-state index contributed by atoms with van der Waals surface area (Å²) in [5.74, 6) is -0.118. The van der Waals surface area contributed by atoms with Gasteiger partial charge in [0.25, 0.3) is 0 Å². The van der Waals surface area contributed by atoms with Crippen LogP contribution in [0, 0.1) is 0 Å². The van der Waals surface area contributed by atoms with E-state index in [1.807, 2.05) is 37.3 Å². The summed E-state index contributed by atoms with van der Waals surface area (Å²) in [4.78, 5) is 15.9. The zero-order chi connectivity index (χ0) is 9.52. The fraction of sp³-hybridized carbons (Fsp3) is 0.300. The number of benzene rings is 1. The van der Waals surface area contributed by atoms with Crippen molar-refractivity contribution in [1.82, 2.24) is 5.48 Å². The smallest absolute Gasteiger partial charge is 0.247 e. The molecule has 0 aliphatic rings. The van der Waals surface area contributed by atoms with Gasteiger partial charge in [0.2, 0.25) is 5.91 Å². The number of hydroxylamine groups is 1. The third kappa shape index (κ3) is 3.71. The van der Waals surface area contributed by atoms with Gasteiger partial charge in [0.05, 0.1) is 13.0 Å². The number of carbonyl (C=O) groups excluding carboxylic acids is 1. The number of rotatable bonds is 4. The van der Waals surface area contributed by atoms with Gasteiger partial charge in [-0.25, -0.2) is 5.48 Å². The first-order valence-corrected chi connectivity index (χ1v) is 4.27. The largest absolute Gasteiger partial charge is 0.274 e. The maximum Gasteiger partial charge on any atom is 0.247 e. The molecule has 1 amide bonds. The van der Waals surface area contributed by atoms with Gasteiger partial charge >= 0.3 is 0 Å². The van der Waals surface area contributed by atoms with Crippen LogP contribution in [0.4, 0.5) is 0 Å². The number of amides is 1. The van der Waals surface area contributed by atoms with Crippen LogP contribution in [-0.4, -0.2) is 12.5 Å². The second-order valence-corrected chi connectivity index (χ2v) is 2.62. The van der Waals surface area contributed by atoms with Crippen molar-refractivity contribution in [2.24, 2.45) is 0 Å². The minimum Gasteiger partial charge on any atom is -0.274 e. The molecular weight excluding hydrogens is 166 g/mol. The Morgan fingerprint density at radius 1 is 1.38 bits per heavy atom. The highest BCUT2D eigenvalue weighted by Crippen LogP contribution is 1.98. The summed E-state index contributed by atoms with van der Waals surface area (Å²) in [5, 5.41) is 0. The summed E-state index contributed by atoms with van der Waals surface area (Å²) < 4.78 is 0. The highest BCUT2D eigenvalue weighted by Gasteiger charge is 2.00. The molecule has 0 heterocycles. The molecule has 70 valence electrons. The van der Waals surface area contributed by atoms with E-state index in [2.05, 4.69) is 5.48 Å². The van der Waals surface area contributed by atoms with Crippen LogP contribution in [0.15, 0.2) is 30.3 Å². The number of nitrogens with one attached hydrogen (secondary N) is 1. The molecule has 1 rings (SSSR count). The molecule has 0 saturated heterocycles. The monoisotopic (exact) mass is 179 g/mol. The summed E-state index contributed by atoms with van der Waals surface area (Å²) >= 11 is 0. The summed E-state index contributed by atoms with van der Waals surface area (Å²) in [6.07, 6.45) is 0.362. The molecule has 1 N–H and O–H groups in total. The molecule has 1 aromatic carbocycles. The van der Waals surface area contributed by atoms with E-state index in [9.17, 15) is 4.79 Å². The molecule has 13 heavy (non-hydrogen) atoms. The maximum absolute atomic E-state index is 11.1. The fourth-order valence-electron chi connectivity index (χ4n) is 0.970. The minimum absolute atomic E-state index is 0.118. The molecule has 0 aliphatic carbocycles. The van der Waals surface area contributed by atoms with Crippen molar-refractivity contribution < 1.29 is 9.63 Å². The lowest BCUT2D eigenvalue weighted by Crippen LogP contribution is -2.25. The van der Waals surface area contributed by atoms with Crippen LogP contribution in [0.1, 0.15) is 12.5 Å². The second kappa shape index (κ2) is 5.32. The van der Waals surface area contributed by atoms with E-state index in [-0.39, 0.29) is 5.91 Å². The Labute approximate surface area is 77.7 Å². The molecule has 0 aromatic heterocycles. The van der Waals surface area contributed by atoms with Crippen LogP contribution < -0.4 is 5.48 Å². The van der Waals surface area contributed by atoms with Gasteiger partial charge < -0.3 is 0 Å². The van der Waals surface area contributed by atoms with E-state index in [0.29, 0.717) is 13.0 Å². The number of hydrogen-bond donors (Lipinski definition) is 1. The van der Waals surface area contributed by atoms with Gasteiger partial charge in [-0.1, -0.05) is 30.3 Å². The van der Waals surface area contributed by atoms with Crippen molar-refractivity contribution in [3.8, 4) is 0 Å². The van der Waals surface area contributed by atoms with Crippen molar-refractivity contribution in [3.05, 3.63) is 35.9 Å². The van der Waals surface area contributed by atoms with E-state index in [0.717, 1.165) is 5.56 Å². The van der Waals surface area contributed by atoms with Crippen molar-refractivity contribution in [2.75, 3.05) is 6.61 Å². The van der Waals surface area contributed by atoms with Gasteiger partial charge in [0.1, 0.15) is 0 Å². The molecule has 0 atom stereocenters. The molecule has 0 aliphatic heterocycles. The lowest BCUT2D eigenvalue weighted by atomic mass is 10.1. The van der Waals surface area contributed by atoms with Crippen LogP contribution in [0.2, 0.25) is 0 Å². The standard InChI is InChI=1S/C10H13NO2/c1-2-13-11-10(12)8-9-6-4-3-5-7-9/h3-7H,2,8H2,1H3,(H,11,12). The van der Waals surface area contributed by atoms with E-state index in [1.165, 1.54) is 0 Å². The minimum atomic E-state index is -0.118. The van der Waals surface area contributed by atoms with Crippen LogP contribution in [-0.2, 0) is 16.1 Å². The van der Waals surface area contributed by atoms with Crippen LogP contribution >= 0.6 is 0 Å². The lowest BCUT2D eigenvalue weighted by Gasteiger charge is -2.02. The highest BCUT2D eigenvalue weighted by atomic mass is 16.6. The van der Waals surface area contributed by atoms with Crippen molar-refractivity contribution >= 4 is 5.91 Å². The zero-order valence-electron chi connectivity index (χ0n) is 7.62. The molecule has 0 fully saturated rings. The summed E-state index contributed by atoms with van der Waals surface area (Å²) in [7, 11) is 0. The molecule has 3 nitrogen and oxygen atoms in total. The van der Waals surface area contributed by atoms with Gasteiger partial charge in [0, 0.05) is 0 Å². The van der Waals surface area contributed by atoms with E-state index < -0.39 is 0 Å². The summed E-state index contributed by atoms with van der Waals surface area (Å²) in [5.41, 5.74) is 3.33. The quantitative estimate of drug-likeness (QED) is 0.707. The maximum atomic E-state index is 11.1. The second-order valence-electron chi connectivity index (χ2n) is 2.62. The van der Waals surface area contributed by atoms with Crippen molar-refractivity contribution in [1.29, 1.82) is 0 Å². The highest BCUT2D eigenvalue weighted by molar-refractivity contribution is 5.77. The van der Waals surface area contributed by atoms with Gasteiger partial charge in [-0.2, -0.15) is 0 Å². The van der Waals surface area contributed by atoms with Crippen LogP contribution in [0.5, 0.6) is 0 Å². The van der Waals surface area contributed by atoms with E-state index >= 15 is 0 Å². The predicted octanol–water partition coefficient (Wildman–Crippen LogP) is 1.30. The first kappa shape index (κ1) is 9.74. The Morgan fingerprint density at radius 3 is 2.69 bits per heavy atom. The van der Waals surface area contributed by atoms with Gasteiger partial charge in [-0.15, -0.1) is 0 Å². The first-order valence-electron chi connectivity index (χ1n) is 4.27. The van der Waals surface area contributed by atoms with Gasteiger partial charge in [-0.3, -0.25) is 9.63 Å². The van der Waals surface area contributed by atoms with Gasteiger partial charge in [-0.05, 0) is 12.5 Å². The Bertz CT molecular complexity index is 259. The number of hydrogen-bond acceptors (Lipinski definition) is 2. The molecular formula is C10H13NO2. The predicted molar refractivity (Wildman–Crippen MR) is 49.9 cm³/mol. The molecule has 0 saturated carbocycles. The average Bonchev–Trinajstić information content (AvgIpc) is 2.16. The third-order valence-corrected chi connectivity index (χ3v) is 1.54. The zero-order valence-corrected chi connectivity index (χ0v) is 7.62. The lowest BCUT2D eigenvalue weighted by molar-refractivity contribution is -0.132. The summed E-state index contributed by atoms with van der Waals surface area (Å²) in [6.45, 7) is 2.31. The SMILES string of the molecule is CCONC(=O)Cc1ccccc1. The van der Waals surface area contributed by atoms with Crippen LogP contribution in [0.25, 0.3) is 0 Å². The fourth-order valence-corrected chi connectivity index (χ4v) is 0.970. The van der Waals surface area contributed by atoms with E-state index in [1.54, 1.807) is 0 Å². The Hall–Kier alpha value is -1.35. The molecule has 0 bridgehead atoms. The molecule has 3 heteroatoms. The molecule has 0 unspecified atom stereocenters. The molecule has 0 spiro atoms. The topological polar surface area (TPSA) is 38.3 Å². The molecule has 0 radical (unpaired) electrons. The van der Waals surface area contributed by atoms with Crippen LogP contribution in [0.3, 0.4) is 0 Å². The van der Waals surface area contributed by atoms with E-state index in [4.69, 9.17) is 4.84 Å².